The monoisotopic (exact) mass is 348 g/mol. The number of hydrogen-bond donors (Lipinski definition) is 2. The molecule has 0 unspecified atom stereocenters. The summed E-state index contributed by atoms with van der Waals surface area (Å²) >= 11 is 2.65. The maximum absolute atomic E-state index is 13.5. The second-order valence-corrected chi connectivity index (χ2v) is 6.67. The van der Waals surface area contributed by atoms with Gasteiger partial charge in [-0.3, -0.25) is 4.79 Å². The molecule has 0 bridgehead atoms. The Hall–Kier alpha value is -2.19. The molecule has 0 aliphatic heterocycles. The van der Waals surface area contributed by atoms with Gasteiger partial charge in [0, 0.05) is 5.69 Å². The fourth-order valence-corrected chi connectivity index (χ4v) is 3.40. The van der Waals surface area contributed by atoms with Crippen molar-refractivity contribution in [3.05, 3.63) is 41.0 Å². The van der Waals surface area contributed by atoms with Crippen molar-refractivity contribution in [1.29, 1.82) is 0 Å². The summed E-state index contributed by atoms with van der Waals surface area (Å²) in [4.78, 5) is 21.3. The van der Waals surface area contributed by atoms with Crippen molar-refractivity contribution in [2.24, 2.45) is 0 Å². The van der Waals surface area contributed by atoms with Crippen LogP contribution in [0.4, 0.5) is 15.9 Å². The molecule has 2 heterocycles. The minimum atomic E-state index is -0.352. The average molecular weight is 348 g/mol. The van der Waals surface area contributed by atoms with Gasteiger partial charge in [0.1, 0.15) is 16.5 Å². The number of hydrogen-bond acceptors (Lipinski definition) is 6. The highest BCUT2D eigenvalue weighted by atomic mass is 32.2. The molecular formula is C15H13FN4OS2. The lowest BCUT2D eigenvalue weighted by Gasteiger charge is -2.06. The van der Waals surface area contributed by atoms with Crippen molar-refractivity contribution in [3.8, 4) is 0 Å². The average Bonchev–Trinajstić information content (AvgIpc) is 2.98. The Balaban J connectivity index is 1.64. The van der Waals surface area contributed by atoms with Gasteiger partial charge < -0.3 is 11.1 Å². The maximum Gasteiger partial charge on any atom is 0.234 e. The van der Waals surface area contributed by atoms with E-state index < -0.39 is 0 Å². The number of fused-ring (bicyclic) bond motifs is 1. The molecule has 8 heteroatoms. The van der Waals surface area contributed by atoms with E-state index in [1.165, 1.54) is 29.2 Å². The molecule has 3 N–H and O–H groups in total. The number of nitrogens with zero attached hydrogens (tertiary/aromatic N) is 2. The van der Waals surface area contributed by atoms with Crippen molar-refractivity contribution >= 4 is 50.7 Å². The van der Waals surface area contributed by atoms with E-state index in [-0.39, 0.29) is 17.5 Å². The quantitative estimate of drug-likeness (QED) is 0.557. The zero-order valence-corrected chi connectivity index (χ0v) is 13.8. The van der Waals surface area contributed by atoms with Crippen LogP contribution in [0.2, 0.25) is 0 Å². The summed E-state index contributed by atoms with van der Waals surface area (Å²) in [5.74, 6) is -0.0904. The van der Waals surface area contributed by atoms with Crippen LogP contribution in [-0.4, -0.2) is 21.6 Å². The standard InChI is InChI=1S/C15H13FN4OS2/c1-8-2-3-9(6-11(8)16)18-12(21)7-23-15-19-13(17)10-4-5-22-14(10)20-15/h2-6H,7H2,1H3,(H,18,21)(H2,17,19,20). The van der Waals surface area contributed by atoms with E-state index in [4.69, 9.17) is 5.73 Å². The number of carbonyl (C=O) groups excluding carboxylic acids is 1. The Morgan fingerprint density at radius 2 is 2.22 bits per heavy atom. The maximum atomic E-state index is 13.5. The number of thiophene rings is 1. The van der Waals surface area contributed by atoms with E-state index in [1.807, 2.05) is 11.4 Å². The fraction of sp³-hybridized carbons (Fsp3) is 0.133. The van der Waals surface area contributed by atoms with Gasteiger partial charge in [-0.2, -0.15) is 0 Å². The van der Waals surface area contributed by atoms with Crippen molar-refractivity contribution < 1.29 is 9.18 Å². The molecule has 3 aromatic rings. The summed E-state index contributed by atoms with van der Waals surface area (Å²) in [5, 5.41) is 5.80. The van der Waals surface area contributed by atoms with Crippen LogP contribution in [0.1, 0.15) is 5.56 Å². The summed E-state index contributed by atoms with van der Waals surface area (Å²) in [6.45, 7) is 1.67. The molecule has 0 saturated carbocycles. The second-order valence-electron chi connectivity index (χ2n) is 4.83. The van der Waals surface area contributed by atoms with Crippen molar-refractivity contribution in [2.75, 3.05) is 16.8 Å². The van der Waals surface area contributed by atoms with Gasteiger partial charge in [-0.1, -0.05) is 17.8 Å². The van der Waals surface area contributed by atoms with E-state index in [9.17, 15) is 9.18 Å². The number of carbonyl (C=O) groups is 1. The number of nitrogens with two attached hydrogens (primary N) is 1. The molecule has 118 valence electrons. The molecule has 0 atom stereocenters. The number of anilines is 2. The SMILES string of the molecule is Cc1ccc(NC(=O)CSc2nc(N)c3ccsc3n2)cc1F. The Bertz CT molecular complexity index is 881. The Labute approximate surface area is 140 Å². The van der Waals surface area contributed by atoms with Crippen LogP contribution in [0.25, 0.3) is 10.2 Å². The Morgan fingerprint density at radius 1 is 1.39 bits per heavy atom. The molecule has 2 aromatic heterocycles. The van der Waals surface area contributed by atoms with Gasteiger partial charge in [0.2, 0.25) is 5.91 Å². The smallest absolute Gasteiger partial charge is 0.234 e. The molecular weight excluding hydrogens is 335 g/mol. The lowest BCUT2D eigenvalue weighted by atomic mass is 10.2. The zero-order valence-electron chi connectivity index (χ0n) is 12.2. The topological polar surface area (TPSA) is 80.9 Å². The van der Waals surface area contributed by atoms with Gasteiger partial charge in [-0.05, 0) is 36.1 Å². The number of thioether (sulfide) groups is 1. The van der Waals surface area contributed by atoms with Crippen LogP contribution in [0.5, 0.6) is 0 Å². The summed E-state index contributed by atoms with van der Waals surface area (Å²) in [6.07, 6.45) is 0. The number of aryl methyl sites for hydroxylation is 1. The van der Waals surface area contributed by atoms with Gasteiger partial charge >= 0.3 is 0 Å². The highest BCUT2D eigenvalue weighted by molar-refractivity contribution is 7.99. The van der Waals surface area contributed by atoms with Gasteiger partial charge in [0.15, 0.2) is 5.16 Å². The number of benzene rings is 1. The number of nitrogens with one attached hydrogen (secondary N) is 1. The number of amides is 1. The van der Waals surface area contributed by atoms with E-state index in [1.54, 1.807) is 19.1 Å². The second kappa shape index (κ2) is 6.51. The zero-order chi connectivity index (χ0) is 16.4. The third kappa shape index (κ3) is 3.59. The molecule has 5 nitrogen and oxygen atoms in total. The Morgan fingerprint density at radius 3 is 3.00 bits per heavy atom. The first-order chi connectivity index (χ1) is 11.0. The van der Waals surface area contributed by atoms with Crippen molar-refractivity contribution in [1.82, 2.24) is 9.97 Å². The number of aromatic nitrogens is 2. The lowest BCUT2D eigenvalue weighted by Crippen LogP contribution is -2.14. The first-order valence-electron chi connectivity index (χ1n) is 6.72. The third-order valence-corrected chi connectivity index (χ3v) is 4.78. The van der Waals surface area contributed by atoms with Crippen LogP contribution in [0, 0.1) is 12.7 Å². The predicted octanol–water partition coefficient (Wildman–Crippen LogP) is 3.45. The molecule has 0 saturated heterocycles. The summed E-state index contributed by atoms with van der Waals surface area (Å²) < 4.78 is 13.5. The van der Waals surface area contributed by atoms with Gasteiger partial charge in [-0.25, -0.2) is 14.4 Å². The van der Waals surface area contributed by atoms with Gasteiger partial charge in [0.05, 0.1) is 11.1 Å². The van der Waals surface area contributed by atoms with Crippen LogP contribution < -0.4 is 11.1 Å². The molecule has 23 heavy (non-hydrogen) atoms. The summed E-state index contributed by atoms with van der Waals surface area (Å²) in [7, 11) is 0. The van der Waals surface area contributed by atoms with Crippen LogP contribution in [-0.2, 0) is 4.79 Å². The minimum absolute atomic E-state index is 0.117. The number of halogens is 1. The first-order valence-corrected chi connectivity index (χ1v) is 8.59. The van der Waals surface area contributed by atoms with E-state index >= 15 is 0 Å². The number of rotatable bonds is 4. The Kier molecular flexibility index (Phi) is 4.44. The fourth-order valence-electron chi connectivity index (χ4n) is 1.92. The molecule has 0 spiro atoms. The molecule has 1 amide bonds. The highest BCUT2D eigenvalue weighted by Gasteiger charge is 2.10. The molecule has 1 aromatic carbocycles. The van der Waals surface area contributed by atoms with Crippen LogP contribution >= 0.6 is 23.1 Å². The minimum Gasteiger partial charge on any atom is -0.383 e. The normalized spacial score (nSPS) is 10.9. The van der Waals surface area contributed by atoms with E-state index in [0.29, 0.717) is 22.2 Å². The van der Waals surface area contributed by atoms with Crippen molar-refractivity contribution in [3.63, 3.8) is 0 Å². The molecule has 0 radical (unpaired) electrons. The van der Waals surface area contributed by atoms with Crippen LogP contribution in [0.15, 0.2) is 34.8 Å². The van der Waals surface area contributed by atoms with Crippen LogP contribution in [0.3, 0.4) is 0 Å². The third-order valence-electron chi connectivity index (χ3n) is 3.12. The van der Waals surface area contributed by atoms with E-state index in [2.05, 4.69) is 15.3 Å². The first kappa shape index (κ1) is 15.7. The largest absolute Gasteiger partial charge is 0.383 e. The van der Waals surface area contributed by atoms with Gasteiger partial charge in [-0.15, -0.1) is 11.3 Å². The molecule has 0 fully saturated rings. The predicted molar refractivity (Wildman–Crippen MR) is 92.3 cm³/mol. The summed E-state index contributed by atoms with van der Waals surface area (Å²) in [6, 6.07) is 6.44. The number of nitrogen functional groups attached to an aromatic ring is 1. The lowest BCUT2D eigenvalue weighted by molar-refractivity contribution is -0.113. The van der Waals surface area contributed by atoms with E-state index in [0.717, 1.165) is 10.2 Å². The molecule has 0 aliphatic carbocycles. The highest BCUT2D eigenvalue weighted by Crippen LogP contribution is 2.26. The van der Waals surface area contributed by atoms with Crippen molar-refractivity contribution in [2.45, 2.75) is 12.1 Å². The molecule has 0 aliphatic rings. The molecule has 3 rings (SSSR count). The summed E-state index contributed by atoms with van der Waals surface area (Å²) in [5.41, 5.74) is 6.82. The van der Waals surface area contributed by atoms with Gasteiger partial charge in [0.25, 0.3) is 0 Å².